The van der Waals surface area contributed by atoms with Crippen molar-refractivity contribution < 1.29 is 38.0 Å². The quantitative estimate of drug-likeness (QED) is 0.180. The lowest BCUT2D eigenvalue weighted by Gasteiger charge is -2.37. The summed E-state index contributed by atoms with van der Waals surface area (Å²) < 4.78 is 35.1. The number of hydrogen-bond donors (Lipinski definition) is 1. The fourth-order valence-corrected chi connectivity index (χ4v) is 6.98. The average Bonchev–Trinajstić information content (AvgIpc) is 3.29. The van der Waals surface area contributed by atoms with Crippen LogP contribution < -0.4 is 14.8 Å². The number of methoxy groups -OCH3 is 2. The third-order valence-electron chi connectivity index (χ3n) is 9.79. The Morgan fingerprint density at radius 1 is 1.00 bits per heavy atom. The van der Waals surface area contributed by atoms with Crippen molar-refractivity contribution in [1.29, 1.82) is 0 Å². The lowest BCUT2D eigenvalue weighted by atomic mass is 9.80. The molecule has 2 fully saturated rings. The molecule has 286 valence electrons. The first kappa shape index (κ1) is 41.8. The van der Waals surface area contributed by atoms with Crippen molar-refractivity contribution in [3.63, 3.8) is 0 Å². The van der Waals surface area contributed by atoms with Crippen molar-refractivity contribution >= 4 is 12.0 Å². The van der Waals surface area contributed by atoms with E-state index in [0.29, 0.717) is 50.0 Å². The van der Waals surface area contributed by atoms with Gasteiger partial charge in [-0.1, -0.05) is 33.8 Å². The van der Waals surface area contributed by atoms with Crippen molar-refractivity contribution in [2.75, 3.05) is 66.8 Å². The predicted molar refractivity (Wildman–Crippen MR) is 196 cm³/mol. The van der Waals surface area contributed by atoms with Gasteiger partial charge in [-0.3, -0.25) is 14.6 Å². The molecule has 11 nitrogen and oxygen atoms in total. The Labute approximate surface area is 302 Å². The maximum atomic E-state index is 13.9. The molecule has 1 aromatic carbocycles. The molecule has 2 heterocycles. The largest absolute Gasteiger partial charge is 0.493 e. The molecule has 2 amide bonds. The van der Waals surface area contributed by atoms with E-state index in [2.05, 4.69) is 50.0 Å². The van der Waals surface area contributed by atoms with Gasteiger partial charge in [-0.25, -0.2) is 4.79 Å². The van der Waals surface area contributed by atoms with Crippen LogP contribution in [-0.2, 0) is 30.2 Å². The first-order valence-electron chi connectivity index (χ1n) is 18.6. The summed E-state index contributed by atoms with van der Waals surface area (Å²) in [5, 5.41) is 3.20. The molecular formula is C39H67N3O8. The lowest BCUT2D eigenvalue weighted by molar-refractivity contribution is -0.129. The van der Waals surface area contributed by atoms with E-state index in [-0.39, 0.29) is 35.8 Å². The van der Waals surface area contributed by atoms with Gasteiger partial charge in [-0.2, -0.15) is 0 Å². The third kappa shape index (κ3) is 12.6. The summed E-state index contributed by atoms with van der Waals surface area (Å²) in [5.74, 6) is 1.74. The van der Waals surface area contributed by atoms with Crippen LogP contribution in [0, 0.1) is 23.7 Å². The highest BCUT2D eigenvalue weighted by atomic mass is 16.6. The van der Waals surface area contributed by atoms with Gasteiger partial charge in [0, 0.05) is 52.2 Å². The van der Waals surface area contributed by atoms with E-state index in [1.165, 1.54) is 0 Å². The summed E-state index contributed by atoms with van der Waals surface area (Å²) in [4.78, 5) is 31.8. The number of ether oxygens (including phenoxy) is 6. The fraction of sp³-hybridized carbons (Fsp3) is 0.795. The van der Waals surface area contributed by atoms with Crippen molar-refractivity contribution in [1.82, 2.24) is 15.1 Å². The van der Waals surface area contributed by atoms with Gasteiger partial charge in [0.2, 0.25) is 5.91 Å². The Hall–Kier alpha value is -2.60. The van der Waals surface area contributed by atoms with Gasteiger partial charge in [-0.05, 0) is 89.3 Å². The number of carbonyl (C=O) groups is 2. The summed E-state index contributed by atoms with van der Waals surface area (Å²) in [6, 6.07) is 5.82. The van der Waals surface area contributed by atoms with Gasteiger partial charge in [0.25, 0.3) is 0 Å². The van der Waals surface area contributed by atoms with Crippen LogP contribution in [0.2, 0.25) is 0 Å². The second-order valence-electron chi connectivity index (χ2n) is 16.0. The minimum Gasteiger partial charge on any atom is -0.493 e. The van der Waals surface area contributed by atoms with Crippen LogP contribution >= 0.6 is 0 Å². The normalized spacial score (nSPS) is 20.9. The highest BCUT2D eigenvalue weighted by Gasteiger charge is 2.52. The molecule has 0 saturated carbocycles. The molecule has 0 aromatic heterocycles. The lowest BCUT2D eigenvalue weighted by Crippen LogP contribution is -2.51. The molecular weight excluding hydrogens is 638 g/mol. The summed E-state index contributed by atoms with van der Waals surface area (Å²) in [6.07, 6.45) is 1.99. The van der Waals surface area contributed by atoms with E-state index in [1.807, 2.05) is 40.7 Å². The highest BCUT2D eigenvalue weighted by Crippen LogP contribution is 2.41. The van der Waals surface area contributed by atoms with Crippen LogP contribution in [0.5, 0.6) is 11.5 Å². The number of nitrogens with one attached hydrogen (secondary N) is 1. The number of morpholine rings is 1. The van der Waals surface area contributed by atoms with E-state index < -0.39 is 17.4 Å². The Balaban J connectivity index is 1.87. The minimum atomic E-state index is -0.920. The van der Waals surface area contributed by atoms with Crippen LogP contribution in [0.4, 0.5) is 4.79 Å². The molecule has 50 heavy (non-hydrogen) atoms. The van der Waals surface area contributed by atoms with E-state index in [4.69, 9.17) is 28.4 Å². The smallest absolute Gasteiger partial charge is 0.412 e. The highest BCUT2D eigenvalue weighted by molar-refractivity contribution is 5.79. The van der Waals surface area contributed by atoms with Crippen molar-refractivity contribution in [3.05, 3.63) is 23.8 Å². The molecule has 2 unspecified atom stereocenters. The molecule has 0 bridgehead atoms. The molecule has 0 radical (unpaired) electrons. The molecule has 2 aliphatic heterocycles. The van der Waals surface area contributed by atoms with Crippen LogP contribution in [0.3, 0.4) is 0 Å². The number of amides is 2. The van der Waals surface area contributed by atoms with Crippen LogP contribution in [0.1, 0.15) is 87.1 Å². The summed E-state index contributed by atoms with van der Waals surface area (Å²) >= 11 is 0. The van der Waals surface area contributed by atoms with Crippen LogP contribution in [0.15, 0.2) is 18.2 Å². The fourth-order valence-electron chi connectivity index (χ4n) is 6.98. The van der Waals surface area contributed by atoms with Gasteiger partial charge in [0.05, 0.1) is 39.1 Å². The Kier molecular flexibility index (Phi) is 16.1. The molecule has 2 saturated heterocycles. The monoisotopic (exact) mass is 705 g/mol. The minimum absolute atomic E-state index is 0.0285. The Morgan fingerprint density at radius 2 is 1.70 bits per heavy atom. The Morgan fingerprint density at radius 3 is 2.30 bits per heavy atom. The molecule has 3 rings (SSSR count). The number of hydrogen-bond acceptors (Lipinski definition) is 9. The van der Waals surface area contributed by atoms with E-state index >= 15 is 0 Å². The van der Waals surface area contributed by atoms with Crippen molar-refractivity contribution in [3.8, 4) is 11.5 Å². The average molecular weight is 706 g/mol. The van der Waals surface area contributed by atoms with Gasteiger partial charge < -0.3 is 33.7 Å². The molecule has 0 aliphatic carbocycles. The van der Waals surface area contributed by atoms with Crippen molar-refractivity contribution in [2.24, 2.45) is 23.7 Å². The zero-order valence-corrected chi connectivity index (χ0v) is 32.8. The summed E-state index contributed by atoms with van der Waals surface area (Å²) in [6.45, 7) is 23.9. The zero-order valence-electron chi connectivity index (χ0n) is 32.8. The van der Waals surface area contributed by atoms with Gasteiger partial charge in [-0.15, -0.1) is 0 Å². The van der Waals surface area contributed by atoms with E-state index in [1.54, 1.807) is 19.1 Å². The second kappa shape index (κ2) is 19.3. The number of rotatable bonds is 18. The molecule has 4 atom stereocenters. The SMILES string of the molecule is COCCCOc1cc(C[C@H](CC2C(C[C@H](C(=O)NCCN3CCOCC3)C(C)C)OC(C)(C)N2C(=O)OC(C)(C)C)C(C)C)ccc1OC. The Bertz CT molecular complexity index is 1190. The van der Waals surface area contributed by atoms with Crippen molar-refractivity contribution in [2.45, 2.75) is 111 Å². The first-order valence-corrected chi connectivity index (χ1v) is 18.6. The van der Waals surface area contributed by atoms with E-state index in [9.17, 15) is 9.59 Å². The third-order valence-corrected chi connectivity index (χ3v) is 9.79. The first-order chi connectivity index (χ1) is 23.6. The second-order valence-corrected chi connectivity index (χ2v) is 16.0. The summed E-state index contributed by atoms with van der Waals surface area (Å²) in [7, 11) is 3.33. The topological polar surface area (TPSA) is 108 Å². The van der Waals surface area contributed by atoms with Gasteiger partial charge >= 0.3 is 6.09 Å². The van der Waals surface area contributed by atoms with Crippen LogP contribution in [-0.4, -0.2) is 112 Å². The molecule has 0 spiro atoms. The molecule has 11 heteroatoms. The molecule has 1 N–H and O–H groups in total. The maximum absolute atomic E-state index is 13.9. The maximum Gasteiger partial charge on any atom is 0.412 e. The number of nitrogens with zero attached hydrogens (tertiary/aromatic N) is 2. The standard InChI is InChI=1S/C39H67N3O8/c1-27(2)30(23-29-13-14-33(46-11)35(24-29)48-20-12-19-45-10)25-32-34(49-39(8,9)42(32)37(44)50-38(5,6)7)26-31(28(3)4)36(43)40-15-16-41-17-21-47-22-18-41/h13-14,24,27-28,30-32,34H,12,15-23,25-26H2,1-11H3,(H,40,43)/t30-,31+,32?,34?/m1/s1. The molecule has 2 aliphatic rings. The number of carbonyl (C=O) groups excluding carboxylic acids is 2. The predicted octanol–water partition coefficient (Wildman–Crippen LogP) is 6.17. The van der Waals surface area contributed by atoms with Crippen LogP contribution in [0.25, 0.3) is 0 Å². The van der Waals surface area contributed by atoms with E-state index in [0.717, 1.165) is 51.3 Å². The number of benzene rings is 1. The van der Waals surface area contributed by atoms with Gasteiger partial charge in [0.15, 0.2) is 11.5 Å². The zero-order chi connectivity index (χ0) is 37.1. The molecule has 1 aromatic rings. The summed E-state index contributed by atoms with van der Waals surface area (Å²) in [5.41, 5.74) is -0.460. The van der Waals surface area contributed by atoms with Gasteiger partial charge in [0.1, 0.15) is 11.3 Å².